The molecule has 1 aromatic carbocycles. The highest BCUT2D eigenvalue weighted by atomic mass is 35.5. The van der Waals surface area contributed by atoms with E-state index in [1.165, 1.54) is 18.4 Å². The van der Waals surface area contributed by atoms with Gasteiger partial charge in [0.05, 0.1) is 13.2 Å². The van der Waals surface area contributed by atoms with Crippen LogP contribution in [-0.4, -0.2) is 25.7 Å². The molecule has 0 radical (unpaired) electrons. The van der Waals surface area contributed by atoms with Gasteiger partial charge in [0.2, 0.25) is 0 Å². The van der Waals surface area contributed by atoms with E-state index in [4.69, 9.17) is 21.1 Å². The first-order chi connectivity index (χ1) is 9.31. The summed E-state index contributed by atoms with van der Waals surface area (Å²) in [6, 6.07) is 8.29. The van der Waals surface area contributed by atoms with Crippen LogP contribution < -0.4 is 4.74 Å². The average Bonchev–Trinajstić information content (AvgIpc) is 2.97. The fourth-order valence-corrected chi connectivity index (χ4v) is 2.89. The van der Waals surface area contributed by atoms with Crippen LogP contribution in [0.4, 0.5) is 0 Å². The number of hydrogen-bond acceptors (Lipinski definition) is 2. The number of methoxy groups -OCH3 is 1. The molecule has 19 heavy (non-hydrogen) atoms. The molecule has 0 amide bonds. The molecule has 0 N–H and O–H groups in total. The molecule has 1 heterocycles. The van der Waals surface area contributed by atoms with Gasteiger partial charge in [0, 0.05) is 12.5 Å². The number of hydrogen-bond donors (Lipinski definition) is 0. The van der Waals surface area contributed by atoms with Gasteiger partial charge in [-0.05, 0) is 55.7 Å². The molecule has 3 heteroatoms. The molecule has 0 bridgehead atoms. The Morgan fingerprint density at radius 3 is 2.74 bits per heavy atom. The van der Waals surface area contributed by atoms with Crippen LogP contribution in [0.2, 0.25) is 0 Å². The Morgan fingerprint density at radius 2 is 2.16 bits per heavy atom. The summed E-state index contributed by atoms with van der Waals surface area (Å²) in [6.45, 7) is 0.939. The third kappa shape index (κ3) is 4.70. The Morgan fingerprint density at radius 1 is 1.37 bits per heavy atom. The number of rotatable bonds is 7. The van der Waals surface area contributed by atoms with Crippen LogP contribution >= 0.6 is 11.6 Å². The summed E-state index contributed by atoms with van der Waals surface area (Å²) in [6.07, 6.45) is 6.25. The number of ether oxygens (including phenoxy) is 2. The highest BCUT2D eigenvalue weighted by molar-refractivity contribution is 6.18. The van der Waals surface area contributed by atoms with Gasteiger partial charge < -0.3 is 9.47 Å². The highest BCUT2D eigenvalue weighted by Gasteiger charge is 2.17. The first kappa shape index (κ1) is 14.7. The molecule has 2 unspecified atom stereocenters. The fraction of sp³-hybridized carbons (Fsp3) is 0.625. The summed E-state index contributed by atoms with van der Waals surface area (Å²) in [5.41, 5.74) is 1.33. The van der Waals surface area contributed by atoms with Crippen LogP contribution in [0.3, 0.4) is 0 Å². The van der Waals surface area contributed by atoms with Gasteiger partial charge >= 0.3 is 0 Å². The lowest BCUT2D eigenvalue weighted by Gasteiger charge is -2.16. The quantitative estimate of drug-likeness (QED) is 0.703. The molecule has 2 atom stereocenters. The molecule has 2 rings (SSSR count). The fourth-order valence-electron chi connectivity index (χ4n) is 2.62. The van der Waals surface area contributed by atoms with Crippen molar-refractivity contribution < 1.29 is 9.47 Å². The highest BCUT2D eigenvalue weighted by Crippen LogP contribution is 2.23. The van der Waals surface area contributed by atoms with E-state index < -0.39 is 0 Å². The van der Waals surface area contributed by atoms with E-state index >= 15 is 0 Å². The van der Waals surface area contributed by atoms with Crippen LogP contribution in [0.15, 0.2) is 24.3 Å². The van der Waals surface area contributed by atoms with E-state index in [0.29, 0.717) is 12.0 Å². The van der Waals surface area contributed by atoms with E-state index in [9.17, 15) is 0 Å². The van der Waals surface area contributed by atoms with Gasteiger partial charge in [-0.25, -0.2) is 0 Å². The van der Waals surface area contributed by atoms with Crippen LogP contribution in [0.1, 0.15) is 31.2 Å². The van der Waals surface area contributed by atoms with Crippen molar-refractivity contribution in [2.45, 2.75) is 38.2 Å². The maximum Gasteiger partial charge on any atom is 0.118 e. The molecule has 0 saturated carbocycles. The Balaban J connectivity index is 1.79. The SMILES string of the molecule is COc1ccc(CC(CCl)CCC2CCCO2)cc1. The van der Waals surface area contributed by atoms with Crippen LogP contribution in [0.25, 0.3) is 0 Å². The topological polar surface area (TPSA) is 18.5 Å². The van der Waals surface area contributed by atoms with Gasteiger partial charge in [0.25, 0.3) is 0 Å². The largest absolute Gasteiger partial charge is 0.497 e. The predicted octanol–water partition coefficient (Wildman–Crippen LogP) is 4.05. The van der Waals surface area contributed by atoms with Gasteiger partial charge in [-0.15, -0.1) is 11.6 Å². The second-order valence-corrected chi connectivity index (χ2v) is 5.59. The smallest absolute Gasteiger partial charge is 0.118 e. The molecule has 1 aliphatic heterocycles. The lowest BCUT2D eigenvalue weighted by molar-refractivity contribution is 0.0988. The first-order valence-electron chi connectivity index (χ1n) is 7.12. The minimum Gasteiger partial charge on any atom is -0.497 e. The van der Waals surface area contributed by atoms with Gasteiger partial charge in [0.15, 0.2) is 0 Å². The lowest BCUT2D eigenvalue weighted by atomic mass is 9.94. The summed E-state index contributed by atoms with van der Waals surface area (Å²) < 4.78 is 10.8. The number of benzene rings is 1. The first-order valence-corrected chi connectivity index (χ1v) is 7.65. The van der Waals surface area contributed by atoms with Gasteiger partial charge in [-0.1, -0.05) is 12.1 Å². The second-order valence-electron chi connectivity index (χ2n) is 5.28. The zero-order valence-corrected chi connectivity index (χ0v) is 12.4. The summed E-state index contributed by atoms with van der Waals surface area (Å²) in [7, 11) is 1.69. The van der Waals surface area contributed by atoms with Crippen molar-refractivity contribution in [3.8, 4) is 5.75 Å². The van der Waals surface area contributed by atoms with Gasteiger partial charge in [0.1, 0.15) is 5.75 Å². The van der Waals surface area contributed by atoms with Crippen LogP contribution in [0, 0.1) is 5.92 Å². The lowest BCUT2D eigenvalue weighted by Crippen LogP contribution is -2.12. The molecule has 2 nitrogen and oxygen atoms in total. The minimum atomic E-state index is 0.474. The molecule has 0 aliphatic carbocycles. The van der Waals surface area contributed by atoms with Crippen LogP contribution in [0.5, 0.6) is 5.75 Å². The molecule has 0 aromatic heterocycles. The molecule has 1 fully saturated rings. The van der Waals surface area contributed by atoms with Crippen molar-refractivity contribution in [3.05, 3.63) is 29.8 Å². The van der Waals surface area contributed by atoms with Crippen molar-refractivity contribution in [1.82, 2.24) is 0 Å². The van der Waals surface area contributed by atoms with E-state index in [2.05, 4.69) is 12.1 Å². The minimum absolute atomic E-state index is 0.474. The Hall–Kier alpha value is -0.730. The Kier molecular flexibility index (Phi) is 5.99. The van der Waals surface area contributed by atoms with Crippen molar-refractivity contribution in [1.29, 1.82) is 0 Å². The molecule has 1 saturated heterocycles. The maximum absolute atomic E-state index is 6.10. The third-order valence-electron chi connectivity index (χ3n) is 3.82. The molecular formula is C16H23ClO2. The molecule has 1 aromatic rings. The van der Waals surface area contributed by atoms with Crippen LogP contribution in [-0.2, 0) is 11.2 Å². The molecule has 106 valence electrons. The second kappa shape index (κ2) is 7.76. The average molecular weight is 283 g/mol. The van der Waals surface area contributed by atoms with Crippen molar-refractivity contribution in [2.24, 2.45) is 5.92 Å². The summed E-state index contributed by atoms with van der Waals surface area (Å²) in [4.78, 5) is 0. The predicted molar refractivity (Wildman–Crippen MR) is 79.1 cm³/mol. The molecular weight excluding hydrogens is 260 g/mol. The third-order valence-corrected chi connectivity index (χ3v) is 4.26. The van der Waals surface area contributed by atoms with Gasteiger partial charge in [-0.2, -0.15) is 0 Å². The maximum atomic E-state index is 6.10. The Bertz CT molecular complexity index is 358. The standard InChI is InChI=1S/C16H23ClO2/c1-18-15-7-4-13(5-8-15)11-14(12-17)6-9-16-3-2-10-19-16/h4-5,7-8,14,16H,2-3,6,9-12H2,1H3. The van der Waals surface area contributed by atoms with E-state index in [0.717, 1.165) is 37.5 Å². The van der Waals surface area contributed by atoms with Gasteiger partial charge in [-0.3, -0.25) is 0 Å². The normalized spacial score (nSPS) is 20.4. The zero-order chi connectivity index (χ0) is 13.5. The molecule has 0 spiro atoms. The van der Waals surface area contributed by atoms with E-state index in [-0.39, 0.29) is 0 Å². The molecule has 1 aliphatic rings. The van der Waals surface area contributed by atoms with Crippen molar-refractivity contribution >= 4 is 11.6 Å². The summed E-state index contributed by atoms with van der Waals surface area (Å²) in [5, 5.41) is 0. The summed E-state index contributed by atoms with van der Waals surface area (Å²) >= 11 is 6.10. The zero-order valence-electron chi connectivity index (χ0n) is 11.6. The monoisotopic (exact) mass is 282 g/mol. The number of halogens is 1. The van der Waals surface area contributed by atoms with E-state index in [1.807, 2.05) is 12.1 Å². The number of alkyl halides is 1. The Labute approximate surface area is 121 Å². The van der Waals surface area contributed by atoms with Crippen molar-refractivity contribution in [3.63, 3.8) is 0 Å². The van der Waals surface area contributed by atoms with E-state index in [1.54, 1.807) is 7.11 Å². The summed E-state index contributed by atoms with van der Waals surface area (Å²) in [5.74, 6) is 2.17. The van der Waals surface area contributed by atoms with Crippen molar-refractivity contribution in [2.75, 3.05) is 19.6 Å².